The normalized spacial score (nSPS) is 26.3. The summed E-state index contributed by atoms with van der Waals surface area (Å²) in [5.74, 6) is -1.89. The number of morpholine rings is 1. The highest BCUT2D eigenvalue weighted by Crippen LogP contribution is 2.29. The highest BCUT2D eigenvalue weighted by molar-refractivity contribution is 5.88. The summed E-state index contributed by atoms with van der Waals surface area (Å²) in [7, 11) is 0. The van der Waals surface area contributed by atoms with Crippen LogP contribution in [-0.4, -0.2) is 41.3 Å². The van der Waals surface area contributed by atoms with E-state index in [-0.39, 0.29) is 5.56 Å². The zero-order valence-corrected chi connectivity index (χ0v) is 11.9. The van der Waals surface area contributed by atoms with Crippen LogP contribution in [0, 0.1) is 5.82 Å². The molecule has 1 saturated carbocycles. The van der Waals surface area contributed by atoms with E-state index >= 15 is 0 Å². The molecule has 21 heavy (non-hydrogen) atoms. The van der Waals surface area contributed by atoms with Crippen molar-refractivity contribution >= 4 is 5.97 Å². The van der Waals surface area contributed by atoms with E-state index < -0.39 is 11.8 Å². The Balaban J connectivity index is 1.76. The number of aromatic carboxylic acids is 1. The molecule has 1 heterocycles. The van der Waals surface area contributed by atoms with Gasteiger partial charge in [0, 0.05) is 19.1 Å². The Kier molecular flexibility index (Phi) is 4.22. The van der Waals surface area contributed by atoms with Gasteiger partial charge >= 0.3 is 5.97 Å². The molecular formula is C16H20FNO3. The van der Waals surface area contributed by atoms with Gasteiger partial charge in [0.15, 0.2) is 0 Å². The number of ether oxygens (including phenoxy) is 1. The number of carboxylic acid groups (broad SMARTS) is 1. The lowest BCUT2D eigenvalue weighted by Crippen LogP contribution is -2.52. The highest BCUT2D eigenvalue weighted by atomic mass is 19.1. The van der Waals surface area contributed by atoms with Gasteiger partial charge in [-0.15, -0.1) is 0 Å². The van der Waals surface area contributed by atoms with Crippen molar-refractivity contribution in [3.8, 4) is 0 Å². The number of hydrogen-bond donors (Lipinski definition) is 1. The molecule has 0 amide bonds. The summed E-state index contributed by atoms with van der Waals surface area (Å²) in [4.78, 5) is 13.4. The maximum absolute atomic E-state index is 13.5. The Labute approximate surface area is 123 Å². The van der Waals surface area contributed by atoms with Gasteiger partial charge in [-0.05, 0) is 30.5 Å². The van der Waals surface area contributed by atoms with Crippen molar-refractivity contribution < 1.29 is 19.0 Å². The van der Waals surface area contributed by atoms with Crippen LogP contribution in [0.5, 0.6) is 0 Å². The van der Waals surface area contributed by atoms with E-state index in [1.807, 2.05) is 0 Å². The van der Waals surface area contributed by atoms with Gasteiger partial charge < -0.3 is 9.84 Å². The maximum Gasteiger partial charge on any atom is 0.338 e. The van der Waals surface area contributed by atoms with Crippen molar-refractivity contribution in [2.24, 2.45) is 0 Å². The fourth-order valence-corrected chi connectivity index (χ4v) is 3.44. The molecule has 0 bridgehead atoms. The van der Waals surface area contributed by atoms with Gasteiger partial charge in [0.1, 0.15) is 5.82 Å². The molecule has 1 saturated heterocycles. The standard InChI is InChI=1S/C16H20FNO3/c17-13-6-5-11(9-12(13)16(19)20)10-18-7-8-21-15-4-2-1-3-14(15)18/h5-6,9,14-15H,1-4,7-8,10H2,(H,19,20). The van der Waals surface area contributed by atoms with Gasteiger partial charge in [0.25, 0.3) is 0 Å². The number of benzene rings is 1. The number of halogens is 1. The number of hydrogen-bond acceptors (Lipinski definition) is 3. The van der Waals surface area contributed by atoms with Crippen LogP contribution >= 0.6 is 0 Å². The van der Waals surface area contributed by atoms with Crippen molar-refractivity contribution in [3.63, 3.8) is 0 Å². The Morgan fingerprint density at radius 1 is 1.38 bits per heavy atom. The third-order valence-electron chi connectivity index (χ3n) is 4.49. The summed E-state index contributed by atoms with van der Waals surface area (Å²) < 4.78 is 19.3. The molecule has 2 unspecified atom stereocenters. The molecule has 1 N–H and O–H groups in total. The van der Waals surface area contributed by atoms with Crippen LogP contribution in [0.25, 0.3) is 0 Å². The zero-order valence-electron chi connectivity index (χ0n) is 11.9. The monoisotopic (exact) mass is 293 g/mol. The van der Waals surface area contributed by atoms with Crippen LogP contribution < -0.4 is 0 Å². The molecule has 0 radical (unpaired) electrons. The van der Waals surface area contributed by atoms with Crippen LogP contribution in [0.3, 0.4) is 0 Å². The minimum Gasteiger partial charge on any atom is -0.478 e. The Bertz CT molecular complexity index is 532. The average molecular weight is 293 g/mol. The van der Waals surface area contributed by atoms with Crippen molar-refractivity contribution in [2.75, 3.05) is 13.2 Å². The van der Waals surface area contributed by atoms with Crippen molar-refractivity contribution in [2.45, 2.75) is 44.4 Å². The molecule has 1 aliphatic heterocycles. The lowest BCUT2D eigenvalue weighted by Gasteiger charge is -2.43. The Morgan fingerprint density at radius 2 is 2.19 bits per heavy atom. The largest absolute Gasteiger partial charge is 0.478 e. The first-order chi connectivity index (χ1) is 10.1. The molecule has 1 aromatic rings. The molecule has 2 aliphatic rings. The molecule has 5 heteroatoms. The number of rotatable bonds is 3. The first-order valence-corrected chi connectivity index (χ1v) is 7.52. The zero-order chi connectivity index (χ0) is 14.8. The number of carboxylic acids is 1. The summed E-state index contributed by atoms with van der Waals surface area (Å²) >= 11 is 0. The van der Waals surface area contributed by atoms with E-state index in [0.717, 1.165) is 24.9 Å². The Morgan fingerprint density at radius 3 is 3.00 bits per heavy atom. The van der Waals surface area contributed by atoms with Gasteiger partial charge in [-0.2, -0.15) is 0 Å². The first kappa shape index (κ1) is 14.5. The second-order valence-corrected chi connectivity index (χ2v) is 5.85. The smallest absolute Gasteiger partial charge is 0.338 e. The van der Waals surface area contributed by atoms with E-state index in [4.69, 9.17) is 9.84 Å². The highest BCUT2D eigenvalue weighted by Gasteiger charge is 2.34. The molecule has 3 rings (SSSR count). The van der Waals surface area contributed by atoms with E-state index in [1.165, 1.54) is 25.0 Å². The van der Waals surface area contributed by atoms with Crippen LogP contribution in [0.15, 0.2) is 18.2 Å². The summed E-state index contributed by atoms with van der Waals surface area (Å²) in [6.45, 7) is 2.22. The summed E-state index contributed by atoms with van der Waals surface area (Å²) in [6.07, 6.45) is 4.95. The minimum absolute atomic E-state index is 0.249. The molecule has 2 atom stereocenters. The van der Waals surface area contributed by atoms with Crippen LogP contribution in [-0.2, 0) is 11.3 Å². The first-order valence-electron chi connectivity index (χ1n) is 7.52. The van der Waals surface area contributed by atoms with Crippen molar-refractivity contribution in [3.05, 3.63) is 35.1 Å². The van der Waals surface area contributed by atoms with Gasteiger partial charge in [-0.3, -0.25) is 4.90 Å². The summed E-state index contributed by atoms with van der Waals surface area (Å²) in [6, 6.07) is 4.78. The Hall–Kier alpha value is -1.46. The van der Waals surface area contributed by atoms with Crippen LogP contribution in [0.1, 0.15) is 41.6 Å². The van der Waals surface area contributed by atoms with Gasteiger partial charge in [0.2, 0.25) is 0 Å². The number of fused-ring (bicyclic) bond motifs is 1. The topological polar surface area (TPSA) is 49.8 Å². The molecule has 0 aromatic heterocycles. The predicted molar refractivity (Wildman–Crippen MR) is 75.8 cm³/mol. The minimum atomic E-state index is -1.22. The fourth-order valence-electron chi connectivity index (χ4n) is 3.44. The second-order valence-electron chi connectivity index (χ2n) is 5.85. The quantitative estimate of drug-likeness (QED) is 0.931. The second kappa shape index (κ2) is 6.12. The summed E-state index contributed by atoms with van der Waals surface area (Å²) in [5, 5.41) is 9.01. The van der Waals surface area contributed by atoms with Crippen LogP contribution in [0.2, 0.25) is 0 Å². The van der Waals surface area contributed by atoms with E-state index in [1.54, 1.807) is 6.07 Å². The van der Waals surface area contributed by atoms with E-state index in [2.05, 4.69) is 4.90 Å². The lowest BCUT2D eigenvalue weighted by atomic mass is 9.90. The third kappa shape index (κ3) is 3.09. The maximum atomic E-state index is 13.5. The lowest BCUT2D eigenvalue weighted by molar-refractivity contribution is -0.0911. The van der Waals surface area contributed by atoms with Gasteiger partial charge in [0.05, 0.1) is 18.3 Å². The van der Waals surface area contributed by atoms with Crippen LogP contribution in [0.4, 0.5) is 4.39 Å². The predicted octanol–water partition coefficient (Wildman–Crippen LogP) is 2.67. The van der Waals surface area contributed by atoms with E-state index in [9.17, 15) is 9.18 Å². The molecule has 114 valence electrons. The fraction of sp³-hybridized carbons (Fsp3) is 0.562. The van der Waals surface area contributed by atoms with Crippen molar-refractivity contribution in [1.29, 1.82) is 0 Å². The molecular weight excluding hydrogens is 273 g/mol. The molecule has 2 fully saturated rings. The summed E-state index contributed by atoms with van der Waals surface area (Å²) in [5.41, 5.74) is 0.598. The molecule has 1 aliphatic carbocycles. The number of carbonyl (C=O) groups is 1. The van der Waals surface area contributed by atoms with Gasteiger partial charge in [-0.25, -0.2) is 9.18 Å². The average Bonchev–Trinajstić information content (AvgIpc) is 2.49. The SMILES string of the molecule is O=C(O)c1cc(CN2CCOC3CCCCC32)ccc1F. The molecule has 1 aromatic carbocycles. The van der Waals surface area contributed by atoms with Crippen molar-refractivity contribution in [1.82, 2.24) is 4.90 Å². The van der Waals surface area contributed by atoms with E-state index in [0.29, 0.717) is 25.3 Å². The number of nitrogens with zero attached hydrogens (tertiary/aromatic N) is 1. The molecule has 0 spiro atoms. The van der Waals surface area contributed by atoms with Gasteiger partial charge in [-0.1, -0.05) is 18.9 Å². The third-order valence-corrected chi connectivity index (χ3v) is 4.49. The molecule has 4 nitrogen and oxygen atoms in total.